The Morgan fingerprint density at radius 2 is 2.27 bits per heavy atom. The molecule has 1 saturated carbocycles. The molecule has 0 aliphatic heterocycles. The van der Waals surface area contributed by atoms with Crippen LogP contribution in [0.2, 0.25) is 0 Å². The molecule has 0 radical (unpaired) electrons. The Kier molecular flexibility index (Phi) is 2.11. The minimum absolute atomic E-state index is 0.148. The molecule has 0 bridgehead atoms. The number of hydrogen-bond donors (Lipinski definition) is 1. The molecule has 1 aliphatic carbocycles. The normalized spacial score (nSPS) is 28.7. The second-order valence-corrected chi connectivity index (χ2v) is 2.95. The quantitative estimate of drug-likeness (QED) is 0.676. The van der Waals surface area contributed by atoms with Gasteiger partial charge in [0.15, 0.2) is 0 Å². The third-order valence-corrected chi connectivity index (χ3v) is 2.08. The van der Waals surface area contributed by atoms with E-state index in [2.05, 4.69) is 0 Å². The van der Waals surface area contributed by atoms with E-state index >= 15 is 0 Å². The van der Waals surface area contributed by atoms with E-state index in [0.29, 0.717) is 12.8 Å². The smallest absolute Gasteiger partial charge is 0.303 e. The van der Waals surface area contributed by atoms with Crippen molar-refractivity contribution in [2.24, 2.45) is 5.92 Å². The molecule has 0 aromatic heterocycles. The molecular weight excluding hydrogens is 154 g/mol. The summed E-state index contributed by atoms with van der Waals surface area (Å²) in [7, 11) is 0. The topological polar surface area (TPSA) is 37.3 Å². The minimum atomic E-state index is -2.74. The largest absolute Gasteiger partial charge is 0.481 e. The number of rotatable bonds is 2. The van der Waals surface area contributed by atoms with Crippen molar-refractivity contribution in [1.82, 2.24) is 0 Å². The Balaban J connectivity index is 2.51. The fraction of sp³-hybridized carbons (Fsp3) is 0.857. The van der Waals surface area contributed by atoms with Gasteiger partial charge in [0, 0.05) is 12.3 Å². The summed E-state index contributed by atoms with van der Waals surface area (Å²) in [6.45, 7) is 0. The maximum Gasteiger partial charge on any atom is 0.303 e. The van der Waals surface area contributed by atoms with Crippen molar-refractivity contribution in [1.29, 1.82) is 0 Å². The maximum absolute atomic E-state index is 12.7. The highest BCUT2D eigenvalue weighted by atomic mass is 19.3. The first kappa shape index (κ1) is 8.43. The average molecular weight is 164 g/mol. The van der Waals surface area contributed by atoms with Crippen molar-refractivity contribution in [3.05, 3.63) is 0 Å². The van der Waals surface area contributed by atoms with Crippen LogP contribution in [-0.2, 0) is 4.79 Å². The number of halogens is 2. The van der Waals surface area contributed by atoms with Gasteiger partial charge >= 0.3 is 5.97 Å². The second kappa shape index (κ2) is 2.75. The van der Waals surface area contributed by atoms with Crippen molar-refractivity contribution < 1.29 is 18.7 Å². The summed E-state index contributed by atoms with van der Waals surface area (Å²) in [6, 6.07) is 0. The first-order chi connectivity index (χ1) is 5.02. The molecular formula is C7H10F2O2. The van der Waals surface area contributed by atoms with Gasteiger partial charge < -0.3 is 5.11 Å². The van der Waals surface area contributed by atoms with Crippen LogP contribution in [0.3, 0.4) is 0 Å². The summed E-state index contributed by atoms with van der Waals surface area (Å²) in [4.78, 5) is 10.1. The van der Waals surface area contributed by atoms with Gasteiger partial charge in [-0.3, -0.25) is 4.79 Å². The minimum Gasteiger partial charge on any atom is -0.481 e. The van der Waals surface area contributed by atoms with Crippen LogP contribution in [0.15, 0.2) is 0 Å². The molecule has 1 atom stereocenters. The fourth-order valence-electron chi connectivity index (χ4n) is 1.46. The molecule has 0 aromatic carbocycles. The van der Waals surface area contributed by atoms with Crippen LogP contribution in [0, 0.1) is 5.92 Å². The van der Waals surface area contributed by atoms with Gasteiger partial charge in [-0.2, -0.15) is 0 Å². The molecule has 1 N–H and O–H groups in total. The Morgan fingerprint density at radius 3 is 2.64 bits per heavy atom. The number of carboxylic acids is 1. The van der Waals surface area contributed by atoms with Gasteiger partial charge in [0.2, 0.25) is 0 Å². The summed E-state index contributed by atoms with van der Waals surface area (Å²) in [5.74, 6) is -4.80. The van der Waals surface area contributed by atoms with Crippen molar-refractivity contribution >= 4 is 5.97 Å². The number of carbonyl (C=O) groups is 1. The molecule has 0 spiro atoms. The SMILES string of the molecule is O=C(O)CC1CCCC1(F)F. The number of alkyl halides is 2. The summed E-state index contributed by atoms with van der Waals surface area (Å²) >= 11 is 0. The average Bonchev–Trinajstić information content (AvgIpc) is 2.10. The maximum atomic E-state index is 12.7. The zero-order valence-corrected chi connectivity index (χ0v) is 6.02. The van der Waals surface area contributed by atoms with Crippen LogP contribution in [0.4, 0.5) is 8.78 Å². The lowest BCUT2D eigenvalue weighted by Crippen LogP contribution is -2.23. The van der Waals surface area contributed by atoms with Crippen LogP contribution < -0.4 is 0 Å². The van der Waals surface area contributed by atoms with Gasteiger partial charge in [-0.25, -0.2) is 8.78 Å². The van der Waals surface area contributed by atoms with Gasteiger partial charge in [-0.15, -0.1) is 0 Å². The van der Waals surface area contributed by atoms with Crippen LogP contribution in [0.25, 0.3) is 0 Å². The Morgan fingerprint density at radius 1 is 1.64 bits per heavy atom. The van der Waals surface area contributed by atoms with Crippen molar-refractivity contribution in [3.8, 4) is 0 Å². The zero-order valence-electron chi connectivity index (χ0n) is 6.02. The lowest BCUT2D eigenvalue weighted by atomic mass is 10.0. The highest BCUT2D eigenvalue weighted by molar-refractivity contribution is 5.67. The molecule has 1 fully saturated rings. The molecule has 1 aliphatic rings. The molecule has 2 nitrogen and oxygen atoms in total. The summed E-state index contributed by atoms with van der Waals surface area (Å²) in [6.07, 6.45) is 0.252. The van der Waals surface area contributed by atoms with E-state index in [-0.39, 0.29) is 6.42 Å². The van der Waals surface area contributed by atoms with E-state index in [9.17, 15) is 13.6 Å². The van der Waals surface area contributed by atoms with E-state index in [1.165, 1.54) is 0 Å². The Labute approximate surface area is 63.2 Å². The van der Waals surface area contributed by atoms with Gasteiger partial charge in [-0.1, -0.05) is 0 Å². The summed E-state index contributed by atoms with van der Waals surface area (Å²) in [5, 5.41) is 8.27. The van der Waals surface area contributed by atoms with Gasteiger partial charge in [0.1, 0.15) is 0 Å². The highest BCUT2D eigenvalue weighted by Crippen LogP contribution is 2.41. The number of carboxylic acid groups (broad SMARTS) is 1. The first-order valence-corrected chi connectivity index (χ1v) is 3.62. The monoisotopic (exact) mass is 164 g/mol. The van der Waals surface area contributed by atoms with E-state index in [1.807, 2.05) is 0 Å². The van der Waals surface area contributed by atoms with Crippen LogP contribution in [0.1, 0.15) is 25.7 Å². The van der Waals surface area contributed by atoms with E-state index in [0.717, 1.165) is 0 Å². The van der Waals surface area contributed by atoms with Gasteiger partial charge in [-0.05, 0) is 12.8 Å². The third kappa shape index (κ3) is 1.88. The second-order valence-electron chi connectivity index (χ2n) is 2.95. The van der Waals surface area contributed by atoms with Crippen molar-refractivity contribution in [2.45, 2.75) is 31.6 Å². The molecule has 0 aromatic rings. The van der Waals surface area contributed by atoms with Crippen LogP contribution in [-0.4, -0.2) is 17.0 Å². The lowest BCUT2D eigenvalue weighted by molar-refractivity contribution is -0.141. The van der Waals surface area contributed by atoms with E-state index < -0.39 is 24.2 Å². The van der Waals surface area contributed by atoms with Crippen LogP contribution in [0.5, 0.6) is 0 Å². The summed E-state index contributed by atoms with van der Waals surface area (Å²) < 4.78 is 25.4. The van der Waals surface area contributed by atoms with Gasteiger partial charge in [0.25, 0.3) is 5.92 Å². The molecule has 64 valence electrons. The zero-order chi connectivity index (χ0) is 8.48. The third-order valence-electron chi connectivity index (χ3n) is 2.08. The predicted octanol–water partition coefficient (Wildman–Crippen LogP) is 1.90. The highest BCUT2D eigenvalue weighted by Gasteiger charge is 2.44. The summed E-state index contributed by atoms with van der Waals surface area (Å²) in [5.41, 5.74) is 0. The molecule has 4 heteroatoms. The number of hydrogen-bond acceptors (Lipinski definition) is 1. The molecule has 1 unspecified atom stereocenters. The first-order valence-electron chi connectivity index (χ1n) is 3.62. The molecule has 0 heterocycles. The van der Waals surface area contributed by atoms with Gasteiger partial charge in [0.05, 0.1) is 6.42 Å². The number of aliphatic carboxylic acids is 1. The molecule has 1 rings (SSSR count). The van der Waals surface area contributed by atoms with E-state index in [1.54, 1.807) is 0 Å². The predicted molar refractivity (Wildman–Crippen MR) is 34.5 cm³/mol. The molecule has 0 amide bonds. The fourth-order valence-corrected chi connectivity index (χ4v) is 1.46. The van der Waals surface area contributed by atoms with Crippen LogP contribution >= 0.6 is 0 Å². The molecule has 11 heavy (non-hydrogen) atoms. The van der Waals surface area contributed by atoms with E-state index in [4.69, 9.17) is 5.11 Å². The van der Waals surface area contributed by atoms with Crippen molar-refractivity contribution in [3.63, 3.8) is 0 Å². The lowest BCUT2D eigenvalue weighted by Gasteiger charge is -2.16. The Bertz CT molecular complexity index is 168. The Hall–Kier alpha value is -0.670. The standard InChI is InChI=1S/C7H10F2O2/c8-7(9)3-1-2-5(7)4-6(10)11/h5H,1-4H2,(H,10,11). The van der Waals surface area contributed by atoms with Crippen molar-refractivity contribution in [2.75, 3.05) is 0 Å². The molecule has 0 saturated heterocycles.